The van der Waals surface area contributed by atoms with Gasteiger partial charge in [0.05, 0.1) is 10.8 Å². The molecule has 8 heteroatoms. The van der Waals surface area contributed by atoms with Crippen molar-refractivity contribution in [2.24, 2.45) is 0 Å². The van der Waals surface area contributed by atoms with Gasteiger partial charge in [-0.05, 0) is 41.1 Å². The average Bonchev–Trinajstić information content (AvgIpc) is 2.82. The van der Waals surface area contributed by atoms with Crippen molar-refractivity contribution < 1.29 is 9.90 Å². The molecule has 0 spiro atoms. The van der Waals surface area contributed by atoms with Gasteiger partial charge in [-0.1, -0.05) is 23.4 Å². The fraction of sp³-hybridized carbons (Fsp3) is 0.250. The SMILES string of the molecule is CCn1c(SCC(=O)O)nnc1-c1ccc(Br)c(Cl)c1. The number of thioether (sulfide) groups is 1. The standard InChI is InChI=1S/C12H11BrClN3O2S/c1-2-17-11(7-3-4-8(13)9(14)5-7)15-16-12(17)20-6-10(18)19/h3-5H,2,6H2,1H3,(H,18,19). The Bertz CT molecular complexity index is 648. The minimum absolute atomic E-state index is 0.0424. The fourth-order valence-corrected chi connectivity index (χ4v) is 2.81. The molecule has 0 bridgehead atoms. The summed E-state index contributed by atoms with van der Waals surface area (Å²) in [5.41, 5.74) is 0.842. The summed E-state index contributed by atoms with van der Waals surface area (Å²) in [6.07, 6.45) is 0. The lowest BCUT2D eigenvalue weighted by atomic mass is 10.2. The minimum Gasteiger partial charge on any atom is -0.481 e. The number of carbonyl (C=O) groups is 1. The monoisotopic (exact) mass is 375 g/mol. The van der Waals surface area contributed by atoms with Crippen molar-refractivity contribution in [3.05, 3.63) is 27.7 Å². The van der Waals surface area contributed by atoms with Crippen LogP contribution in [0.5, 0.6) is 0 Å². The molecule has 0 radical (unpaired) electrons. The topological polar surface area (TPSA) is 68.0 Å². The first-order valence-corrected chi connectivity index (χ1v) is 7.91. The number of carboxylic acid groups (broad SMARTS) is 1. The van der Waals surface area contributed by atoms with Gasteiger partial charge in [-0.2, -0.15) is 0 Å². The summed E-state index contributed by atoms with van der Waals surface area (Å²) < 4.78 is 2.68. The van der Waals surface area contributed by atoms with Crippen molar-refractivity contribution in [2.45, 2.75) is 18.6 Å². The molecular formula is C12H11BrClN3O2S. The van der Waals surface area contributed by atoms with Crippen LogP contribution in [0, 0.1) is 0 Å². The Labute approximate surface area is 133 Å². The first-order valence-electron chi connectivity index (χ1n) is 5.76. The lowest BCUT2D eigenvalue weighted by molar-refractivity contribution is -0.133. The van der Waals surface area contributed by atoms with Gasteiger partial charge in [-0.3, -0.25) is 4.79 Å². The third-order valence-corrected chi connectivity index (χ3v) is 4.72. The molecule has 1 aromatic heterocycles. The van der Waals surface area contributed by atoms with Crippen LogP contribution >= 0.6 is 39.3 Å². The summed E-state index contributed by atoms with van der Waals surface area (Å²) in [5.74, 6) is -0.247. The summed E-state index contributed by atoms with van der Waals surface area (Å²) in [6.45, 7) is 2.61. The van der Waals surface area contributed by atoms with Gasteiger partial charge < -0.3 is 9.67 Å². The van der Waals surface area contributed by atoms with Crippen molar-refractivity contribution >= 4 is 45.3 Å². The van der Waals surface area contributed by atoms with E-state index < -0.39 is 5.97 Å². The number of benzene rings is 1. The molecular weight excluding hydrogens is 366 g/mol. The van der Waals surface area contributed by atoms with Crippen LogP contribution in [0.15, 0.2) is 27.8 Å². The molecule has 0 atom stereocenters. The van der Waals surface area contributed by atoms with Crippen molar-refractivity contribution in [1.82, 2.24) is 14.8 Å². The van der Waals surface area contributed by atoms with Crippen molar-refractivity contribution in [3.8, 4) is 11.4 Å². The van der Waals surface area contributed by atoms with E-state index in [1.807, 2.05) is 23.6 Å². The zero-order valence-electron chi connectivity index (χ0n) is 10.5. The van der Waals surface area contributed by atoms with E-state index in [1.165, 1.54) is 0 Å². The zero-order chi connectivity index (χ0) is 14.7. The zero-order valence-corrected chi connectivity index (χ0v) is 13.7. The second-order valence-electron chi connectivity index (χ2n) is 3.86. The van der Waals surface area contributed by atoms with Gasteiger partial charge >= 0.3 is 5.97 Å². The first-order chi connectivity index (χ1) is 9.52. The van der Waals surface area contributed by atoms with Crippen LogP contribution < -0.4 is 0 Å². The van der Waals surface area contributed by atoms with Gasteiger partial charge in [0.1, 0.15) is 0 Å². The maximum Gasteiger partial charge on any atom is 0.313 e. The molecule has 0 amide bonds. The Morgan fingerprint density at radius 2 is 2.25 bits per heavy atom. The number of rotatable bonds is 5. The number of aliphatic carboxylic acids is 1. The van der Waals surface area contributed by atoms with E-state index in [2.05, 4.69) is 26.1 Å². The number of carboxylic acids is 1. The Hall–Kier alpha value is -1.05. The number of hydrogen-bond acceptors (Lipinski definition) is 4. The molecule has 1 aromatic carbocycles. The average molecular weight is 377 g/mol. The number of nitrogens with zero attached hydrogens (tertiary/aromatic N) is 3. The van der Waals surface area contributed by atoms with Gasteiger partial charge in [0.25, 0.3) is 0 Å². The summed E-state index contributed by atoms with van der Waals surface area (Å²) in [5, 5.41) is 18.1. The van der Waals surface area contributed by atoms with E-state index in [0.717, 1.165) is 21.8 Å². The fourth-order valence-electron chi connectivity index (χ4n) is 1.66. The van der Waals surface area contributed by atoms with Gasteiger partial charge in [-0.15, -0.1) is 10.2 Å². The summed E-state index contributed by atoms with van der Waals surface area (Å²) in [7, 11) is 0. The largest absolute Gasteiger partial charge is 0.481 e. The Morgan fingerprint density at radius 1 is 1.50 bits per heavy atom. The van der Waals surface area contributed by atoms with E-state index in [0.29, 0.717) is 22.5 Å². The Balaban J connectivity index is 2.36. The highest BCUT2D eigenvalue weighted by Crippen LogP contribution is 2.29. The smallest absolute Gasteiger partial charge is 0.313 e. The highest BCUT2D eigenvalue weighted by Gasteiger charge is 2.15. The lowest BCUT2D eigenvalue weighted by Crippen LogP contribution is -2.03. The third kappa shape index (κ3) is 3.34. The van der Waals surface area contributed by atoms with Gasteiger partial charge in [0, 0.05) is 16.6 Å². The van der Waals surface area contributed by atoms with Crippen LogP contribution in [0.3, 0.4) is 0 Å². The molecule has 0 aliphatic rings. The second kappa shape index (κ2) is 6.60. The Kier molecular flexibility index (Phi) is 5.06. The van der Waals surface area contributed by atoms with Crippen LogP contribution in [-0.2, 0) is 11.3 Å². The predicted molar refractivity (Wildman–Crippen MR) is 82.2 cm³/mol. The van der Waals surface area contributed by atoms with Crippen molar-refractivity contribution in [2.75, 3.05) is 5.75 Å². The van der Waals surface area contributed by atoms with Crippen LogP contribution in [-0.4, -0.2) is 31.6 Å². The molecule has 0 aliphatic carbocycles. The van der Waals surface area contributed by atoms with E-state index in [4.69, 9.17) is 16.7 Å². The predicted octanol–water partition coefficient (Wildman–Crippen LogP) is 3.56. The van der Waals surface area contributed by atoms with Gasteiger partial charge in [-0.25, -0.2) is 0 Å². The molecule has 0 saturated heterocycles. The maximum absolute atomic E-state index is 10.6. The molecule has 2 aromatic rings. The van der Waals surface area contributed by atoms with Gasteiger partial charge in [0.2, 0.25) is 0 Å². The number of hydrogen-bond donors (Lipinski definition) is 1. The quantitative estimate of drug-likeness (QED) is 0.808. The molecule has 0 unspecified atom stereocenters. The lowest BCUT2D eigenvalue weighted by Gasteiger charge is -2.07. The molecule has 0 aliphatic heterocycles. The highest BCUT2D eigenvalue weighted by atomic mass is 79.9. The molecule has 1 N–H and O–H groups in total. The molecule has 1 heterocycles. The van der Waals surface area contributed by atoms with Crippen LogP contribution in [0.25, 0.3) is 11.4 Å². The first kappa shape index (κ1) is 15.3. The highest BCUT2D eigenvalue weighted by molar-refractivity contribution is 9.10. The molecule has 5 nitrogen and oxygen atoms in total. The molecule has 20 heavy (non-hydrogen) atoms. The minimum atomic E-state index is -0.881. The third-order valence-electron chi connectivity index (χ3n) is 2.54. The van der Waals surface area contributed by atoms with E-state index >= 15 is 0 Å². The van der Waals surface area contributed by atoms with Crippen LogP contribution in [0.4, 0.5) is 0 Å². The summed E-state index contributed by atoms with van der Waals surface area (Å²) in [4.78, 5) is 10.6. The Morgan fingerprint density at radius 3 is 2.85 bits per heavy atom. The maximum atomic E-state index is 10.6. The molecule has 2 rings (SSSR count). The molecule has 106 valence electrons. The second-order valence-corrected chi connectivity index (χ2v) is 6.07. The molecule has 0 saturated carbocycles. The summed E-state index contributed by atoms with van der Waals surface area (Å²) in [6, 6.07) is 5.53. The number of halogens is 2. The van der Waals surface area contributed by atoms with Crippen LogP contribution in [0.1, 0.15) is 6.92 Å². The van der Waals surface area contributed by atoms with E-state index in [9.17, 15) is 4.79 Å². The normalized spacial score (nSPS) is 10.8. The number of aromatic nitrogens is 3. The van der Waals surface area contributed by atoms with Crippen LogP contribution in [0.2, 0.25) is 5.02 Å². The molecule has 0 fully saturated rings. The van der Waals surface area contributed by atoms with E-state index in [1.54, 1.807) is 6.07 Å². The van der Waals surface area contributed by atoms with Crippen molar-refractivity contribution in [3.63, 3.8) is 0 Å². The van der Waals surface area contributed by atoms with Crippen molar-refractivity contribution in [1.29, 1.82) is 0 Å². The summed E-state index contributed by atoms with van der Waals surface area (Å²) >= 11 is 10.6. The van der Waals surface area contributed by atoms with Gasteiger partial charge in [0.15, 0.2) is 11.0 Å². The van der Waals surface area contributed by atoms with E-state index in [-0.39, 0.29) is 5.75 Å².